The number of thiazole rings is 1. The van der Waals surface area contributed by atoms with Crippen LogP contribution >= 0.6 is 22.9 Å². The van der Waals surface area contributed by atoms with E-state index in [1.807, 2.05) is 0 Å². The fourth-order valence-corrected chi connectivity index (χ4v) is 3.87. The van der Waals surface area contributed by atoms with Gasteiger partial charge in [0.25, 0.3) is 0 Å². The van der Waals surface area contributed by atoms with Crippen LogP contribution in [-0.4, -0.2) is 48.1 Å². The van der Waals surface area contributed by atoms with Crippen LogP contribution < -0.4 is 4.90 Å². The molecule has 0 radical (unpaired) electrons. The summed E-state index contributed by atoms with van der Waals surface area (Å²) in [6.07, 6.45) is 2.50. The number of hydrogen-bond acceptors (Lipinski definition) is 6. The Labute approximate surface area is 153 Å². The Kier molecular flexibility index (Phi) is 5.39. The predicted octanol–water partition coefficient (Wildman–Crippen LogP) is 3.35. The molecular formula is C16H17ClFN3O3S. The van der Waals surface area contributed by atoms with Crippen LogP contribution in [0.5, 0.6) is 0 Å². The number of H-pyrrole nitrogens is 1. The number of ether oxygens (including phenoxy) is 1. The number of carbonyl (C=O) groups is 2. The second kappa shape index (κ2) is 7.53. The predicted molar refractivity (Wildman–Crippen MR) is 93.4 cm³/mol. The first-order valence-electron chi connectivity index (χ1n) is 7.78. The highest BCUT2D eigenvalue weighted by Crippen LogP contribution is 2.31. The third-order valence-corrected chi connectivity index (χ3v) is 5.48. The van der Waals surface area contributed by atoms with Gasteiger partial charge in [-0.3, -0.25) is 4.79 Å². The minimum atomic E-state index is -1.14. The molecule has 0 aliphatic carbocycles. The third kappa shape index (κ3) is 4.01. The number of hydrogen-bond donors (Lipinski definition) is 1. The first kappa shape index (κ1) is 17.9. The molecule has 25 heavy (non-hydrogen) atoms. The number of nitrogens with one attached hydrogen (secondary N) is 1. The van der Waals surface area contributed by atoms with E-state index in [0.717, 1.165) is 0 Å². The molecule has 1 aliphatic rings. The Morgan fingerprint density at radius 2 is 2.36 bits per heavy atom. The average molecular weight is 386 g/mol. The number of carbonyl (C=O) groups excluding carboxylic acids is 2. The van der Waals surface area contributed by atoms with Crippen molar-refractivity contribution >= 4 is 39.8 Å². The summed E-state index contributed by atoms with van der Waals surface area (Å²) in [6.45, 7) is 0.732. The standard InChI is InChI=1S/C16H17ClFN3O3S/c1-24-15(23)14-7-20-16(25-14)21-3-2-9(11(18)8-21)4-13(22)12-5-10(17)6-19-12/h5-7,9,11,19H,2-4,8H2,1H3/t9-,11-/m0/s1. The first-order valence-corrected chi connectivity index (χ1v) is 8.97. The van der Waals surface area contributed by atoms with E-state index < -0.39 is 12.1 Å². The van der Waals surface area contributed by atoms with E-state index in [1.54, 1.807) is 11.0 Å². The van der Waals surface area contributed by atoms with Crippen molar-refractivity contribution < 1.29 is 18.7 Å². The van der Waals surface area contributed by atoms with Gasteiger partial charge in [-0.25, -0.2) is 14.2 Å². The van der Waals surface area contributed by atoms with Gasteiger partial charge in [0, 0.05) is 25.1 Å². The highest BCUT2D eigenvalue weighted by atomic mass is 35.5. The third-order valence-electron chi connectivity index (χ3n) is 4.22. The smallest absolute Gasteiger partial charge is 0.349 e. The molecule has 9 heteroatoms. The van der Waals surface area contributed by atoms with Gasteiger partial charge < -0.3 is 14.6 Å². The first-order chi connectivity index (χ1) is 12.0. The van der Waals surface area contributed by atoms with Crippen LogP contribution in [0.1, 0.15) is 33.0 Å². The van der Waals surface area contributed by atoms with E-state index in [9.17, 15) is 14.0 Å². The fraction of sp³-hybridized carbons (Fsp3) is 0.438. The number of anilines is 1. The van der Waals surface area contributed by atoms with Crippen molar-refractivity contribution in [2.75, 3.05) is 25.1 Å². The van der Waals surface area contributed by atoms with Crippen molar-refractivity contribution in [3.63, 3.8) is 0 Å². The Bertz CT molecular complexity index is 778. The fourth-order valence-electron chi connectivity index (χ4n) is 2.84. The van der Waals surface area contributed by atoms with Gasteiger partial charge in [0.2, 0.25) is 0 Å². The van der Waals surface area contributed by atoms with Crippen LogP contribution in [0, 0.1) is 5.92 Å². The average Bonchev–Trinajstić information content (AvgIpc) is 3.25. The number of methoxy groups -OCH3 is 1. The van der Waals surface area contributed by atoms with Gasteiger partial charge >= 0.3 is 5.97 Å². The number of Topliss-reactive ketones (excluding diaryl/α,β-unsaturated/α-hetero) is 1. The molecule has 3 heterocycles. The van der Waals surface area contributed by atoms with Crippen LogP contribution in [0.2, 0.25) is 5.02 Å². The van der Waals surface area contributed by atoms with E-state index in [-0.39, 0.29) is 24.7 Å². The van der Waals surface area contributed by atoms with Crippen molar-refractivity contribution in [1.82, 2.24) is 9.97 Å². The van der Waals surface area contributed by atoms with Gasteiger partial charge in [0.15, 0.2) is 10.9 Å². The molecule has 2 aromatic rings. The maximum Gasteiger partial charge on any atom is 0.349 e. The van der Waals surface area contributed by atoms with Crippen molar-refractivity contribution in [1.29, 1.82) is 0 Å². The lowest BCUT2D eigenvalue weighted by molar-refractivity contribution is 0.0606. The minimum absolute atomic E-state index is 0.136. The molecule has 1 fully saturated rings. The summed E-state index contributed by atoms with van der Waals surface area (Å²) in [7, 11) is 1.30. The molecular weight excluding hydrogens is 369 g/mol. The Hall–Kier alpha value is -1.93. The lowest BCUT2D eigenvalue weighted by atomic mass is 9.89. The van der Waals surface area contributed by atoms with E-state index in [1.165, 1.54) is 30.8 Å². The van der Waals surface area contributed by atoms with Crippen molar-refractivity contribution in [3.05, 3.63) is 34.1 Å². The van der Waals surface area contributed by atoms with Crippen LogP contribution in [-0.2, 0) is 4.74 Å². The van der Waals surface area contributed by atoms with Crippen LogP contribution in [0.3, 0.4) is 0 Å². The quantitative estimate of drug-likeness (QED) is 0.631. The van der Waals surface area contributed by atoms with Crippen molar-refractivity contribution in [2.24, 2.45) is 5.92 Å². The molecule has 0 bridgehead atoms. The maximum absolute atomic E-state index is 14.6. The Morgan fingerprint density at radius 3 is 3.00 bits per heavy atom. The molecule has 2 aromatic heterocycles. The highest BCUT2D eigenvalue weighted by Gasteiger charge is 2.32. The van der Waals surface area contributed by atoms with E-state index in [0.29, 0.717) is 33.7 Å². The van der Waals surface area contributed by atoms with Crippen molar-refractivity contribution in [3.8, 4) is 0 Å². The molecule has 0 unspecified atom stereocenters. The second-order valence-corrected chi connectivity index (χ2v) is 7.31. The van der Waals surface area contributed by atoms with E-state index in [2.05, 4.69) is 14.7 Å². The zero-order valence-corrected chi connectivity index (χ0v) is 15.1. The summed E-state index contributed by atoms with van der Waals surface area (Å²) in [5, 5.41) is 1.05. The Morgan fingerprint density at radius 1 is 1.56 bits per heavy atom. The summed E-state index contributed by atoms with van der Waals surface area (Å²) in [4.78, 5) is 32.8. The number of piperidine rings is 1. The molecule has 1 N–H and O–H groups in total. The number of ketones is 1. The topological polar surface area (TPSA) is 75.3 Å². The minimum Gasteiger partial charge on any atom is -0.465 e. The Balaban J connectivity index is 1.59. The number of halogens is 2. The molecule has 1 aliphatic heterocycles. The van der Waals surface area contributed by atoms with Crippen LogP contribution in [0.25, 0.3) is 0 Å². The molecule has 2 atom stereocenters. The molecule has 0 saturated carbocycles. The highest BCUT2D eigenvalue weighted by molar-refractivity contribution is 7.17. The number of esters is 1. The van der Waals surface area contributed by atoms with Crippen LogP contribution in [0.15, 0.2) is 18.5 Å². The van der Waals surface area contributed by atoms with Gasteiger partial charge in [-0.1, -0.05) is 22.9 Å². The summed E-state index contributed by atoms with van der Waals surface area (Å²) in [5.41, 5.74) is 0.405. The molecule has 0 spiro atoms. The molecule has 0 amide bonds. The van der Waals surface area contributed by atoms with Gasteiger partial charge in [0.1, 0.15) is 11.0 Å². The summed E-state index contributed by atoms with van der Waals surface area (Å²) < 4.78 is 19.2. The SMILES string of the molecule is COC(=O)c1cnc(N2CC[C@@H](CC(=O)c3cc(Cl)c[nH]3)[C@@H](F)C2)s1. The number of rotatable bonds is 5. The largest absolute Gasteiger partial charge is 0.465 e. The molecule has 6 nitrogen and oxygen atoms in total. The van der Waals surface area contributed by atoms with E-state index >= 15 is 0 Å². The lowest BCUT2D eigenvalue weighted by Gasteiger charge is -2.34. The summed E-state index contributed by atoms with van der Waals surface area (Å²) in [5.74, 6) is -0.938. The van der Waals surface area contributed by atoms with Crippen molar-refractivity contribution in [2.45, 2.75) is 19.0 Å². The summed E-state index contributed by atoms with van der Waals surface area (Å²) >= 11 is 6.97. The van der Waals surface area contributed by atoms with Gasteiger partial charge in [-0.15, -0.1) is 0 Å². The monoisotopic (exact) mass is 385 g/mol. The molecule has 3 rings (SSSR count). The normalized spacial score (nSPS) is 20.5. The number of nitrogens with zero attached hydrogens (tertiary/aromatic N) is 2. The number of aromatic amines is 1. The summed E-state index contributed by atoms with van der Waals surface area (Å²) in [6, 6.07) is 1.55. The molecule has 0 aromatic carbocycles. The number of aromatic nitrogens is 2. The molecule has 134 valence electrons. The zero-order chi connectivity index (χ0) is 18.0. The maximum atomic E-state index is 14.6. The van der Waals surface area contributed by atoms with Crippen LogP contribution in [0.4, 0.5) is 9.52 Å². The van der Waals surface area contributed by atoms with E-state index in [4.69, 9.17) is 11.6 Å². The van der Waals surface area contributed by atoms with Gasteiger partial charge in [-0.05, 0) is 12.5 Å². The zero-order valence-electron chi connectivity index (χ0n) is 13.5. The second-order valence-electron chi connectivity index (χ2n) is 5.87. The lowest BCUT2D eigenvalue weighted by Crippen LogP contribution is -2.42. The van der Waals surface area contributed by atoms with Gasteiger partial charge in [-0.2, -0.15) is 0 Å². The number of alkyl halides is 1. The molecule has 1 saturated heterocycles. The van der Waals surface area contributed by atoms with Gasteiger partial charge in [0.05, 0.1) is 30.6 Å².